The predicted molar refractivity (Wildman–Crippen MR) is 140 cm³/mol. The topological polar surface area (TPSA) is 95.3 Å². The van der Waals surface area contributed by atoms with E-state index in [0.717, 1.165) is 16.9 Å². The van der Waals surface area contributed by atoms with Crippen LogP contribution in [0.3, 0.4) is 0 Å². The van der Waals surface area contributed by atoms with Crippen molar-refractivity contribution in [3.63, 3.8) is 0 Å². The predicted octanol–water partition coefficient (Wildman–Crippen LogP) is 5.93. The molecule has 3 rings (SSSR count). The summed E-state index contributed by atoms with van der Waals surface area (Å²) in [5, 5.41) is 13.0. The van der Waals surface area contributed by atoms with E-state index in [1.165, 1.54) is 23.1 Å². The van der Waals surface area contributed by atoms with Gasteiger partial charge < -0.3 is 19.4 Å². The molecule has 0 aliphatic carbocycles. The van der Waals surface area contributed by atoms with Crippen molar-refractivity contribution < 1.29 is 19.1 Å². The molecule has 0 radical (unpaired) electrons. The normalized spacial score (nSPS) is 11.8. The van der Waals surface area contributed by atoms with Crippen LogP contribution in [0.1, 0.15) is 60.4 Å². The molecule has 1 aromatic carbocycles. The number of thioether (sulfide) groups is 1. The van der Waals surface area contributed by atoms with Gasteiger partial charge in [-0.25, -0.2) is 4.79 Å². The number of hydrogen-bond donors (Lipinski definition) is 1. The third-order valence-electron chi connectivity index (χ3n) is 5.03. The van der Waals surface area contributed by atoms with Gasteiger partial charge in [0.05, 0.1) is 22.9 Å². The molecule has 0 spiro atoms. The average Bonchev–Trinajstić information content (AvgIpc) is 3.43. The molecule has 8 nitrogen and oxygen atoms in total. The molecule has 11 heteroatoms. The smallest absolute Gasteiger partial charge is 0.341 e. The Morgan fingerprint density at radius 2 is 2.00 bits per heavy atom. The van der Waals surface area contributed by atoms with Crippen molar-refractivity contribution in [3.05, 3.63) is 51.1 Å². The van der Waals surface area contributed by atoms with Gasteiger partial charge in [-0.05, 0) is 57.9 Å². The Kier molecular flexibility index (Phi) is 9.59. The van der Waals surface area contributed by atoms with Crippen LogP contribution in [0.15, 0.2) is 29.4 Å². The lowest BCUT2D eigenvalue weighted by molar-refractivity contribution is -0.113. The lowest BCUT2D eigenvalue weighted by atomic mass is 10.2. The highest BCUT2D eigenvalue weighted by atomic mass is 35.5. The molecule has 2 heterocycles. The van der Waals surface area contributed by atoms with Gasteiger partial charge in [-0.15, -0.1) is 21.5 Å². The van der Waals surface area contributed by atoms with Gasteiger partial charge in [0.15, 0.2) is 17.1 Å². The summed E-state index contributed by atoms with van der Waals surface area (Å²) in [5.41, 5.74) is 1.42. The first kappa shape index (κ1) is 27.0. The number of halogens is 1. The highest BCUT2D eigenvalue weighted by Crippen LogP contribution is 2.32. The number of esters is 1. The minimum atomic E-state index is -0.440. The Bertz CT molecular complexity index is 1190. The maximum absolute atomic E-state index is 12.7. The number of nitrogens with one attached hydrogen (secondary N) is 1. The van der Waals surface area contributed by atoms with E-state index < -0.39 is 12.1 Å². The molecule has 0 bridgehead atoms. The first-order chi connectivity index (χ1) is 16.8. The number of ether oxygens (including phenoxy) is 2. The molecule has 35 heavy (non-hydrogen) atoms. The number of aryl methyl sites for hydroxylation is 2. The second-order valence-corrected chi connectivity index (χ2v) is 10.1. The van der Waals surface area contributed by atoms with Crippen LogP contribution >= 0.6 is 34.7 Å². The number of rotatable bonds is 11. The zero-order valence-corrected chi connectivity index (χ0v) is 22.8. The monoisotopic (exact) mass is 536 g/mol. The van der Waals surface area contributed by atoms with Crippen LogP contribution in [-0.4, -0.2) is 39.0 Å². The third kappa shape index (κ3) is 6.77. The Hall–Kier alpha value is -2.56. The van der Waals surface area contributed by atoms with E-state index in [2.05, 4.69) is 15.5 Å². The molecule has 3 aromatic rings. The number of thiophene rings is 1. The van der Waals surface area contributed by atoms with Crippen LogP contribution in [0.25, 0.3) is 0 Å². The number of benzene rings is 1. The summed E-state index contributed by atoms with van der Waals surface area (Å²) in [4.78, 5) is 25.9. The standard InChI is InChI=1S/C24H29ClN4O4S2/c1-6-16-12-17(23(31)32-8-3)22(35-16)26-20(30)13-34-24-28-27-21(29(24)7-2)15(5)33-19-11-14(4)9-10-18(19)25/h9-12,15H,6-8,13H2,1-5H3,(H,26,30). The molecule has 0 aliphatic heterocycles. The summed E-state index contributed by atoms with van der Waals surface area (Å²) in [6, 6.07) is 7.37. The quantitative estimate of drug-likeness (QED) is 0.239. The Morgan fingerprint density at radius 3 is 2.69 bits per heavy atom. The zero-order valence-electron chi connectivity index (χ0n) is 20.4. The van der Waals surface area contributed by atoms with Gasteiger partial charge in [0.25, 0.3) is 0 Å². The van der Waals surface area contributed by atoms with Crippen LogP contribution < -0.4 is 10.1 Å². The van der Waals surface area contributed by atoms with Crippen molar-refractivity contribution in [1.29, 1.82) is 0 Å². The number of nitrogens with zero attached hydrogens (tertiary/aromatic N) is 3. The van der Waals surface area contributed by atoms with Crippen molar-refractivity contribution >= 4 is 51.6 Å². The van der Waals surface area contributed by atoms with E-state index in [1.807, 2.05) is 44.4 Å². The summed E-state index contributed by atoms with van der Waals surface area (Å²) < 4.78 is 13.1. The molecule has 0 saturated carbocycles. The molecule has 2 aromatic heterocycles. The summed E-state index contributed by atoms with van der Waals surface area (Å²) >= 11 is 8.92. The highest BCUT2D eigenvalue weighted by Gasteiger charge is 2.22. The average molecular weight is 537 g/mol. The van der Waals surface area contributed by atoms with Crippen molar-refractivity contribution in [1.82, 2.24) is 14.8 Å². The van der Waals surface area contributed by atoms with Gasteiger partial charge >= 0.3 is 5.97 Å². The molecular weight excluding hydrogens is 508 g/mol. The summed E-state index contributed by atoms with van der Waals surface area (Å²) in [6.07, 6.45) is 0.369. The zero-order chi connectivity index (χ0) is 25.5. The summed E-state index contributed by atoms with van der Waals surface area (Å²) in [6.45, 7) is 10.5. The largest absolute Gasteiger partial charge is 0.481 e. The summed E-state index contributed by atoms with van der Waals surface area (Å²) in [5.74, 6) is 0.651. The molecule has 1 atom stereocenters. The molecule has 0 saturated heterocycles. The van der Waals surface area contributed by atoms with Crippen molar-refractivity contribution in [2.24, 2.45) is 0 Å². The molecule has 188 valence electrons. The molecule has 0 aliphatic rings. The molecule has 1 N–H and O–H groups in total. The van der Waals surface area contributed by atoms with E-state index in [4.69, 9.17) is 21.1 Å². The SMILES string of the molecule is CCOC(=O)c1cc(CC)sc1NC(=O)CSc1nnc(C(C)Oc2cc(C)ccc2Cl)n1CC. The lowest BCUT2D eigenvalue weighted by Gasteiger charge is -2.16. The van der Waals surface area contributed by atoms with Gasteiger partial charge in [-0.3, -0.25) is 4.79 Å². The van der Waals surface area contributed by atoms with Gasteiger partial charge in [-0.2, -0.15) is 0 Å². The second kappa shape index (κ2) is 12.4. The van der Waals surface area contributed by atoms with Crippen LogP contribution in [0.5, 0.6) is 5.75 Å². The molecule has 1 amide bonds. The molecule has 1 unspecified atom stereocenters. The fraction of sp³-hybridized carbons (Fsp3) is 0.417. The lowest BCUT2D eigenvalue weighted by Crippen LogP contribution is -2.17. The first-order valence-corrected chi connectivity index (χ1v) is 13.5. The number of carbonyl (C=O) groups excluding carboxylic acids is 2. The summed E-state index contributed by atoms with van der Waals surface area (Å²) in [7, 11) is 0. The maximum atomic E-state index is 12.7. The van der Waals surface area contributed by atoms with E-state index in [-0.39, 0.29) is 18.3 Å². The molecular formula is C24H29ClN4O4S2. The van der Waals surface area contributed by atoms with Gasteiger partial charge in [0.2, 0.25) is 5.91 Å². The van der Waals surface area contributed by atoms with Crippen LogP contribution in [0, 0.1) is 6.92 Å². The van der Waals surface area contributed by atoms with E-state index in [9.17, 15) is 9.59 Å². The Labute approximate surface area is 218 Å². The van der Waals surface area contributed by atoms with Crippen LogP contribution in [0.2, 0.25) is 5.02 Å². The third-order valence-corrected chi connectivity index (χ3v) is 7.50. The fourth-order valence-corrected chi connectivity index (χ4v) is 5.28. The minimum absolute atomic E-state index is 0.110. The number of hydrogen-bond acceptors (Lipinski definition) is 8. The van der Waals surface area contributed by atoms with E-state index >= 15 is 0 Å². The van der Waals surface area contributed by atoms with Crippen LogP contribution in [-0.2, 0) is 22.5 Å². The number of amides is 1. The van der Waals surface area contributed by atoms with E-state index in [1.54, 1.807) is 19.1 Å². The minimum Gasteiger partial charge on any atom is -0.481 e. The van der Waals surface area contributed by atoms with Crippen molar-refractivity contribution in [2.45, 2.75) is 58.8 Å². The first-order valence-electron chi connectivity index (χ1n) is 11.4. The Morgan fingerprint density at radius 1 is 1.23 bits per heavy atom. The maximum Gasteiger partial charge on any atom is 0.341 e. The second-order valence-electron chi connectivity index (χ2n) is 7.65. The Balaban J connectivity index is 1.68. The van der Waals surface area contributed by atoms with Crippen molar-refractivity contribution in [2.75, 3.05) is 17.7 Å². The van der Waals surface area contributed by atoms with Gasteiger partial charge in [-0.1, -0.05) is 36.4 Å². The van der Waals surface area contributed by atoms with Gasteiger partial charge in [0.1, 0.15) is 10.8 Å². The van der Waals surface area contributed by atoms with Crippen molar-refractivity contribution in [3.8, 4) is 5.75 Å². The van der Waals surface area contributed by atoms with Crippen LogP contribution in [0.4, 0.5) is 5.00 Å². The van der Waals surface area contributed by atoms with E-state index in [0.29, 0.717) is 38.9 Å². The number of anilines is 1. The molecule has 0 fully saturated rings. The number of aromatic nitrogens is 3. The van der Waals surface area contributed by atoms with Gasteiger partial charge in [0, 0.05) is 11.4 Å². The highest BCUT2D eigenvalue weighted by molar-refractivity contribution is 7.99. The number of carbonyl (C=O) groups is 2. The fourth-order valence-electron chi connectivity index (χ4n) is 3.31.